The first-order valence-electron chi connectivity index (χ1n) is 8.53. The van der Waals surface area contributed by atoms with Crippen molar-refractivity contribution in [3.8, 4) is 5.75 Å². The first-order chi connectivity index (χ1) is 12.6. The molecule has 0 saturated heterocycles. The highest BCUT2D eigenvalue weighted by Gasteiger charge is 2.07. The molecule has 0 atom stereocenters. The van der Waals surface area contributed by atoms with E-state index in [4.69, 9.17) is 9.15 Å². The number of hydrogen-bond donors (Lipinski definition) is 3. The van der Waals surface area contributed by atoms with Crippen molar-refractivity contribution in [2.75, 3.05) is 33.8 Å². The second kappa shape index (κ2) is 12.2. The summed E-state index contributed by atoms with van der Waals surface area (Å²) in [5, 5.41) is 9.18. The molecule has 8 heteroatoms. The molecule has 0 fully saturated rings. The normalized spacial score (nSPS) is 10.7. The number of aryl methyl sites for hydroxylation is 1. The van der Waals surface area contributed by atoms with E-state index in [1.54, 1.807) is 26.3 Å². The topological polar surface area (TPSA) is 87.9 Å². The van der Waals surface area contributed by atoms with Gasteiger partial charge in [0.25, 0.3) is 5.91 Å². The summed E-state index contributed by atoms with van der Waals surface area (Å²) in [6, 6.07) is 9.52. The van der Waals surface area contributed by atoms with E-state index in [2.05, 4.69) is 39.1 Å². The number of carbonyl (C=O) groups is 1. The second-order valence-corrected chi connectivity index (χ2v) is 5.71. The fourth-order valence-corrected chi connectivity index (χ4v) is 2.42. The Morgan fingerprint density at radius 2 is 1.89 bits per heavy atom. The van der Waals surface area contributed by atoms with Crippen molar-refractivity contribution in [3.63, 3.8) is 0 Å². The van der Waals surface area contributed by atoms with Crippen molar-refractivity contribution >= 4 is 35.8 Å². The fourth-order valence-electron chi connectivity index (χ4n) is 2.42. The summed E-state index contributed by atoms with van der Waals surface area (Å²) in [5.74, 6) is 1.67. The number of furan rings is 1. The Hall–Kier alpha value is -2.23. The van der Waals surface area contributed by atoms with Gasteiger partial charge in [-0.3, -0.25) is 9.79 Å². The van der Waals surface area contributed by atoms with Crippen molar-refractivity contribution < 1.29 is 13.9 Å². The van der Waals surface area contributed by atoms with Crippen LogP contribution in [0.15, 0.2) is 46.0 Å². The maximum atomic E-state index is 11.7. The van der Waals surface area contributed by atoms with Crippen LogP contribution in [0, 0.1) is 6.92 Å². The third-order valence-corrected chi connectivity index (χ3v) is 3.85. The van der Waals surface area contributed by atoms with Crippen LogP contribution in [0.2, 0.25) is 0 Å². The van der Waals surface area contributed by atoms with Gasteiger partial charge in [0, 0.05) is 26.7 Å². The average Bonchev–Trinajstić information content (AvgIpc) is 3.19. The van der Waals surface area contributed by atoms with Gasteiger partial charge >= 0.3 is 0 Å². The molecule has 2 rings (SSSR count). The number of benzene rings is 1. The number of nitrogens with zero attached hydrogens (tertiary/aromatic N) is 1. The second-order valence-electron chi connectivity index (χ2n) is 5.71. The molecule has 0 aliphatic heterocycles. The van der Waals surface area contributed by atoms with E-state index in [0.717, 1.165) is 24.3 Å². The van der Waals surface area contributed by atoms with Crippen molar-refractivity contribution in [1.29, 1.82) is 0 Å². The van der Waals surface area contributed by atoms with Gasteiger partial charge in [0.1, 0.15) is 5.75 Å². The third kappa shape index (κ3) is 7.49. The number of ether oxygens (including phenoxy) is 1. The van der Waals surface area contributed by atoms with Crippen LogP contribution in [0.25, 0.3) is 0 Å². The van der Waals surface area contributed by atoms with Crippen LogP contribution in [-0.4, -0.2) is 45.7 Å². The highest BCUT2D eigenvalue weighted by atomic mass is 127. The van der Waals surface area contributed by atoms with Crippen LogP contribution in [0.3, 0.4) is 0 Å². The summed E-state index contributed by atoms with van der Waals surface area (Å²) in [6.07, 6.45) is 2.33. The number of hydrogen-bond acceptors (Lipinski definition) is 4. The molecule has 0 aliphatic carbocycles. The van der Waals surface area contributed by atoms with Gasteiger partial charge in [-0.05, 0) is 42.7 Å². The van der Waals surface area contributed by atoms with Crippen molar-refractivity contribution in [2.24, 2.45) is 4.99 Å². The lowest BCUT2D eigenvalue weighted by atomic mass is 10.1. The lowest BCUT2D eigenvalue weighted by Crippen LogP contribution is -2.42. The summed E-state index contributed by atoms with van der Waals surface area (Å²) in [5.41, 5.74) is 2.32. The SMILES string of the molecule is CN=C(NCCNC(=O)c1ccco1)NCCc1ccc(C)c(OC)c1.I. The molecule has 0 radical (unpaired) electrons. The van der Waals surface area contributed by atoms with Gasteiger partial charge in [-0.2, -0.15) is 0 Å². The molecule has 0 bridgehead atoms. The minimum absolute atomic E-state index is 0. The van der Waals surface area contributed by atoms with Gasteiger partial charge in [0.2, 0.25) is 0 Å². The first-order valence-corrected chi connectivity index (χ1v) is 8.53. The van der Waals surface area contributed by atoms with Crippen LogP contribution in [0.4, 0.5) is 0 Å². The van der Waals surface area contributed by atoms with E-state index in [9.17, 15) is 4.79 Å². The maximum Gasteiger partial charge on any atom is 0.287 e. The standard InChI is InChI=1S/C19H26N4O3.HI/c1-14-6-7-15(13-17(14)25-3)8-9-22-19(20-2)23-11-10-21-18(24)16-5-4-12-26-16;/h4-7,12-13H,8-11H2,1-3H3,(H,21,24)(H2,20,22,23);1H. The summed E-state index contributed by atoms with van der Waals surface area (Å²) in [4.78, 5) is 15.9. The predicted octanol–water partition coefficient (Wildman–Crippen LogP) is 2.35. The highest BCUT2D eigenvalue weighted by molar-refractivity contribution is 14.0. The number of carbonyl (C=O) groups excluding carboxylic acids is 1. The number of amides is 1. The lowest BCUT2D eigenvalue weighted by molar-refractivity contribution is 0.0926. The van der Waals surface area contributed by atoms with Crippen LogP contribution < -0.4 is 20.7 Å². The zero-order valence-electron chi connectivity index (χ0n) is 15.9. The summed E-state index contributed by atoms with van der Waals surface area (Å²) < 4.78 is 10.4. The minimum Gasteiger partial charge on any atom is -0.496 e. The molecule has 1 aromatic heterocycles. The van der Waals surface area contributed by atoms with E-state index < -0.39 is 0 Å². The van der Waals surface area contributed by atoms with Crippen LogP contribution in [0.5, 0.6) is 5.75 Å². The molecule has 1 aromatic carbocycles. The average molecular weight is 486 g/mol. The Kier molecular flexibility index (Phi) is 10.3. The Morgan fingerprint density at radius 3 is 2.56 bits per heavy atom. The monoisotopic (exact) mass is 486 g/mol. The number of nitrogens with one attached hydrogen (secondary N) is 3. The zero-order valence-corrected chi connectivity index (χ0v) is 18.2. The molecule has 27 heavy (non-hydrogen) atoms. The number of guanidine groups is 1. The first kappa shape index (κ1) is 22.8. The van der Waals surface area contributed by atoms with Crippen LogP contribution >= 0.6 is 24.0 Å². The molecule has 7 nitrogen and oxygen atoms in total. The molecule has 1 heterocycles. The van der Waals surface area contributed by atoms with E-state index in [0.29, 0.717) is 24.8 Å². The lowest BCUT2D eigenvalue weighted by Gasteiger charge is -2.13. The highest BCUT2D eigenvalue weighted by Crippen LogP contribution is 2.18. The number of aliphatic imine (C=N–C) groups is 1. The molecule has 148 valence electrons. The Bertz CT molecular complexity index is 733. The molecule has 2 aromatic rings. The van der Waals surface area contributed by atoms with Crippen LogP contribution in [-0.2, 0) is 6.42 Å². The quantitative estimate of drug-likeness (QED) is 0.231. The maximum absolute atomic E-state index is 11.7. The van der Waals surface area contributed by atoms with Gasteiger partial charge in [-0.15, -0.1) is 24.0 Å². The van der Waals surface area contributed by atoms with Crippen molar-refractivity contribution in [3.05, 3.63) is 53.5 Å². The Balaban J connectivity index is 0.00000364. The number of methoxy groups -OCH3 is 1. The van der Waals surface area contributed by atoms with Crippen molar-refractivity contribution in [2.45, 2.75) is 13.3 Å². The Labute approximate surface area is 177 Å². The molecule has 0 aliphatic rings. The van der Waals surface area contributed by atoms with E-state index in [-0.39, 0.29) is 29.9 Å². The molecule has 3 N–H and O–H groups in total. The van der Waals surface area contributed by atoms with Gasteiger partial charge in [0.05, 0.1) is 13.4 Å². The summed E-state index contributed by atoms with van der Waals surface area (Å²) in [7, 11) is 3.40. The molecule has 0 spiro atoms. The van der Waals surface area contributed by atoms with Gasteiger partial charge in [0.15, 0.2) is 11.7 Å². The van der Waals surface area contributed by atoms with E-state index in [1.807, 2.05) is 6.92 Å². The Morgan fingerprint density at radius 1 is 1.15 bits per heavy atom. The largest absolute Gasteiger partial charge is 0.496 e. The summed E-state index contributed by atoms with van der Waals surface area (Å²) in [6.45, 7) is 3.79. The van der Waals surface area contributed by atoms with Gasteiger partial charge < -0.3 is 25.1 Å². The number of halogens is 1. The van der Waals surface area contributed by atoms with Crippen LogP contribution in [0.1, 0.15) is 21.7 Å². The molecular weight excluding hydrogens is 459 g/mol. The third-order valence-electron chi connectivity index (χ3n) is 3.85. The molecular formula is C19H27IN4O3. The van der Waals surface area contributed by atoms with E-state index >= 15 is 0 Å². The smallest absolute Gasteiger partial charge is 0.287 e. The molecule has 1 amide bonds. The number of rotatable bonds is 8. The molecule has 0 unspecified atom stereocenters. The van der Waals surface area contributed by atoms with Gasteiger partial charge in [-0.1, -0.05) is 12.1 Å². The predicted molar refractivity (Wildman–Crippen MR) is 117 cm³/mol. The zero-order chi connectivity index (χ0) is 18.8. The van der Waals surface area contributed by atoms with Gasteiger partial charge in [-0.25, -0.2) is 0 Å². The fraction of sp³-hybridized carbons (Fsp3) is 0.368. The molecule has 0 saturated carbocycles. The van der Waals surface area contributed by atoms with Crippen molar-refractivity contribution in [1.82, 2.24) is 16.0 Å². The minimum atomic E-state index is -0.229. The summed E-state index contributed by atoms with van der Waals surface area (Å²) >= 11 is 0. The van der Waals surface area contributed by atoms with E-state index in [1.165, 1.54) is 11.8 Å².